The van der Waals surface area contributed by atoms with Crippen molar-refractivity contribution >= 4 is 61.0 Å². The fourth-order valence-corrected chi connectivity index (χ4v) is 5.32. The van der Waals surface area contributed by atoms with E-state index in [0.717, 1.165) is 0 Å². The molecule has 0 aliphatic carbocycles. The monoisotopic (exact) mass is 462 g/mol. The van der Waals surface area contributed by atoms with Gasteiger partial charge in [-0.2, -0.15) is 0 Å². The lowest BCUT2D eigenvalue weighted by Gasteiger charge is -2.19. The van der Waals surface area contributed by atoms with Crippen LogP contribution in [0.2, 0.25) is 0 Å². The summed E-state index contributed by atoms with van der Waals surface area (Å²) in [7, 11) is 2.97. The second-order valence-electron chi connectivity index (χ2n) is 5.76. The van der Waals surface area contributed by atoms with Gasteiger partial charge in [-0.05, 0) is 26.0 Å². The first-order chi connectivity index (χ1) is 13.1. The Labute approximate surface area is 171 Å². The van der Waals surface area contributed by atoms with Crippen molar-refractivity contribution in [3.63, 3.8) is 0 Å². The van der Waals surface area contributed by atoms with E-state index in [1.165, 1.54) is 24.3 Å². The van der Waals surface area contributed by atoms with Crippen molar-refractivity contribution in [1.29, 1.82) is 0 Å². The Morgan fingerprint density at radius 2 is 1.11 bits per heavy atom. The molecule has 0 radical (unpaired) electrons. The second kappa shape index (κ2) is 7.59. The molecule has 3 aromatic rings. The fraction of sp³-hybridized carbons (Fsp3) is 0.222. The maximum Gasteiger partial charge on any atom is 0.262 e. The standard InChI is InChI=1S/C18H16Cl2O6S2/c1-3-25-17-11-7-5-9-13(27(19,21)22)15(11)18(26-4-2)16-12(17)8-6-10-14(16)28(20,23)24/h5-10H,3-4H2,1-2H3. The zero-order valence-corrected chi connectivity index (χ0v) is 18.0. The average Bonchev–Trinajstić information content (AvgIpc) is 2.61. The molecule has 28 heavy (non-hydrogen) atoms. The highest BCUT2D eigenvalue weighted by Crippen LogP contribution is 2.48. The molecular weight excluding hydrogens is 447 g/mol. The molecule has 0 N–H and O–H groups in total. The summed E-state index contributed by atoms with van der Waals surface area (Å²) in [5.41, 5.74) is 0. The van der Waals surface area contributed by atoms with Crippen LogP contribution in [0.1, 0.15) is 13.8 Å². The van der Waals surface area contributed by atoms with E-state index in [-0.39, 0.29) is 39.5 Å². The van der Waals surface area contributed by atoms with Crippen molar-refractivity contribution < 1.29 is 26.3 Å². The average molecular weight is 463 g/mol. The van der Waals surface area contributed by atoms with Gasteiger partial charge in [0.2, 0.25) is 0 Å². The molecule has 150 valence electrons. The Kier molecular flexibility index (Phi) is 5.69. The molecule has 0 unspecified atom stereocenters. The van der Waals surface area contributed by atoms with Gasteiger partial charge in [0.05, 0.1) is 23.0 Å². The predicted molar refractivity (Wildman–Crippen MR) is 110 cm³/mol. The van der Waals surface area contributed by atoms with E-state index in [1.807, 2.05) is 0 Å². The Balaban J connectivity index is 2.75. The van der Waals surface area contributed by atoms with Crippen molar-refractivity contribution in [2.45, 2.75) is 23.6 Å². The van der Waals surface area contributed by atoms with Gasteiger partial charge in [0.15, 0.2) is 0 Å². The topological polar surface area (TPSA) is 86.7 Å². The Hall–Kier alpha value is -1.74. The number of ether oxygens (including phenoxy) is 2. The number of rotatable bonds is 6. The summed E-state index contributed by atoms with van der Waals surface area (Å²) in [4.78, 5) is -0.417. The van der Waals surface area contributed by atoms with Crippen LogP contribution in [-0.2, 0) is 18.1 Å². The molecule has 0 spiro atoms. The predicted octanol–water partition coefficient (Wildman–Crippen LogP) is 4.65. The zero-order valence-electron chi connectivity index (χ0n) is 14.9. The SMILES string of the molecule is CCOc1c2cccc(S(=O)(=O)Cl)c2c(OCC)c2c(S(=O)(=O)Cl)cccc12. The van der Waals surface area contributed by atoms with E-state index < -0.39 is 18.1 Å². The minimum Gasteiger partial charge on any atom is -0.493 e. The fourth-order valence-electron chi connectivity index (χ4n) is 3.17. The summed E-state index contributed by atoms with van der Waals surface area (Å²) in [6.45, 7) is 3.89. The number of hydrogen-bond acceptors (Lipinski definition) is 6. The minimum absolute atomic E-state index is 0.0654. The van der Waals surface area contributed by atoms with Crippen LogP contribution >= 0.6 is 21.4 Å². The van der Waals surface area contributed by atoms with Gasteiger partial charge in [-0.1, -0.05) is 24.3 Å². The molecule has 3 aromatic carbocycles. The summed E-state index contributed by atoms with van der Waals surface area (Å²) in [5.74, 6) is 0.385. The van der Waals surface area contributed by atoms with Crippen molar-refractivity contribution in [2.24, 2.45) is 0 Å². The highest BCUT2D eigenvalue weighted by Gasteiger charge is 2.27. The Morgan fingerprint density at radius 1 is 0.714 bits per heavy atom. The minimum atomic E-state index is -4.16. The molecule has 0 amide bonds. The lowest BCUT2D eigenvalue weighted by atomic mass is 10.00. The zero-order chi connectivity index (χ0) is 20.7. The van der Waals surface area contributed by atoms with Gasteiger partial charge in [-0.15, -0.1) is 0 Å². The van der Waals surface area contributed by atoms with Crippen molar-refractivity contribution in [3.8, 4) is 11.5 Å². The molecule has 0 saturated heterocycles. The lowest BCUT2D eigenvalue weighted by molar-refractivity contribution is 0.341. The van der Waals surface area contributed by atoms with E-state index >= 15 is 0 Å². The van der Waals surface area contributed by atoms with Gasteiger partial charge in [0, 0.05) is 42.9 Å². The molecule has 0 aromatic heterocycles. The van der Waals surface area contributed by atoms with Crippen LogP contribution in [0.25, 0.3) is 21.5 Å². The summed E-state index contributed by atoms with van der Waals surface area (Å²) in [6, 6.07) is 9.04. The molecule has 0 aliphatic rings. The lowest BCUT2D eigenvalue weighted by Crippen LogP contribution is -2.04. The Bertz CT molecular complexity index is 1190. The molecule has 0 fully saturated rings. The van der Waals surface area contributed by atoms with Crippen molar-refractivity contribution in [3.05, 3.63) is 36.4 Å². The molecule has 3 rings (SSSR count). The van der Waals surface area contributed by atoms with Gasteiger partial charge in [0.25, 0.3) is 18.1 Å². The normalized spacial score (nSPS) is 12.4. The first-order valence-corrected chi connectivity index (χ1v) is 12.9. The molecule has 0 saturated carbocycles. The number of hydrogen-bond donors (Lipinski definition) is 0. The molecule has 0 bridgehead atoms. The van der Waals surface area contributed by atoms with Crippen LogP contribution in [0.4, 0.5) is 0 Å². The maximum atomic E-state index is 12.2. The van der Waals surface area contributed by atoms with E-state index in [9.17, 15) is 16.8 Å². The first kappa shape index (κ1) is 21.0. The molecule has 0 atom stereocenters. The third kappa shape index (κ3) is 3.61. The van der Waals surface area contributed by atoms with Crippen molar-refractivity contribution in [1.82, 2.24) is 0 Å². The van der Waals surface area contributed by atoms with Crippen molar-refractivity contribution in [2.75, 3.05) is 13.2 Å². The third-order valence-electron chi connectivity index (χ3n) is 4.10. The van der Waals surface area contributed by atoms with Crippen LogP contribution < -0.4 is 9.47 Å². The quantitative estimate of drug-likeness (QED) is 0.391. The van der Waals surface area contributed by atoms with Crippen LogP contribution in [0.3, 0.4) is 0 Å². The second-order valence-corrected chi connectivity index (χ2v) is 10.8. The van der Waals surface area contributed by atoms with Gasteiger partial charge in [0.1, 0.15) is 11.5 Å². The van der Waals surface area contributed by atoms with Gasteiger partial charge >= 0.3 is 0 Å². The van der Waals surface area contributed by atoms with Gasteiger partial charge in [-0.25, -0.2) is 16.8 Å². The van der Waals surface area contributed by atoms with Gasteiger partial charge in [-0.3, -0.25) is 0 Å². The molecule has 10 heteroatoms. The smallest absolute Gasteiger partial charge is 0.262 e. The number of halogens is 2. The number of benzene rings is 3. The van der Waals surface area contributed by atoms with Gasteiger partial charge < -0.3 is 9.47 Å². The first-order valence-electron chi connectivity index (χ1n) is 8.27. The van der Waals surface area contributed by atoms with Crippen LogP contribution in [0.15, 0.2) is 46.2 Å². The third-order valence-corrected chi connectivity index (χ3v) is 6.83. The molecular formula is C18H16Cl2O6S2. The van der Waals surface area contributed by atoms with E-state index in [0.29, 0.717) is 16.5 Å². The van der Waals surface area contributed by atoms with E-state index in [2.05, 4.69) is 0 Å². The maximum absolute atomic E-state index is 12.2. The molecule has 0 heterocycles. The van der Waals surface area contributed by atoms with E-state index in [1.54, 1.807) is 26.0 Å². The van der Waals surface area contributed by atoms with E-state index in [4.69, 9.17) is 30.8 Å². The largest absolute Gasteiger partial charge is 0.493 e. The Morgan fingerprint density at radius 3 is 1.46 bits per heavy atom. The number of fused-ring (bicyclic) bond motifs is 2. The van der Waals surface area contributed by atoms with Crippen LogP contribution in [-0.4, -0.2) is 30.0 Å². The van der Waals surface area contributed by atoms with Crippen LogP contribution in [0.5, 0.6) is 11.5 Å². The summed E-state index contributed by atoms with van der Waals surface area (Å²) in [5, 5.41) is 1.15. The molecule has 6 nitrogen and oxygen atoms in total. The van der Waals surface area contributed by atoms with Crippen LogP contribution in [0, 0.1) is 0 Å². The summed E-state index contributed by atoms with van der Waals surface area (Å²) < 4.78 is 60.4. The highest BCUT2D eigenvalue weighted by atomic mass is 35.7. The summed E-state index contributed by atoms with van der Waals surface area (Å²) in [6.07, 6.45) is 0. The molecule has 0 aliphatic heterocycles. The highest BCUT2D eigenvalue weighted by molar-refractivity contribution is 8.14. The summed E-state index contributed by atoms with van der Waals surface area (Å²) >= 11 is 0.